The van der Waals surface area contributed by atoms with Gasteiger partial charge in [-0.2, -0.15) is 0 Å². The van der Waals surface area contributed by atoms with Crippen molar-refractivity contribution in [3.05, 3.63) is 29.8 Å². The fourth-order valence-electron chi connectivity index (χ4n) is 5.12. The van der Waals surface area contributed by atoms with E-state index in [0.717, 1.165) is 13.0 Å². The molecule has 8 nitrogen and oxygen atoms in total. The van der Waals surface area contributed by atoms with E-state index < -0.39 is 12.2 Å². The van der Waals surface area contributed by atoms with Crippen LogP contribution in [0.15, 0.2) is 24.3 Å². The Bertz CT molecular complexity index is 845. The Morgan fingerprint density at radius 2 is 1.94 bits per heavy atom. The molecule has 2 saturated heterocycles. The lowest BCUT2D eigenvalue weighted by atomic mass is 9.99. The first-order valence-corrected chi connectivity index (χ1v) is 11.9. The number of fused-ring (bicyclic) bond motifs is 5. The molecule has 3 fully saturated rings. The molecule has 0 radical (unpaired) electrons. The number of ether oxygens (including phenoxy) is 2. The molecule has 32 heavy (non-hydrogen) atoms. The van der Waals surface area contributed by atoms with Crippen LogP contribution < -0.4 is 15.4 Å². The predicted molar refractivity (Wildman–Crippen MR) is 117 cm³/mol. The number of benzene rings is 1. The minimum Gasteiger partial charge on any atom is -0.493 e. The summed E-state index contributed by atoms with van der Waals surface area (Å²) in [6, 6.07) is 6.91. The quantitative estimate of drug-likeness (QED) is 0.633. The second kappa shape index (κ2) is 9.37. The lowest BCUT2D eigenvalue weighted by molar-refractivity contribution is -0.133. The average Bonchev–Trinajstić information content (AvgIpc) is 3.52. The van der Waals surface area contributed by atoms with Gasteiger partial charge in [0, 0.05) is 32.1 Å². The number of amides is 2. The van der Waals surface area contributed by atoms with Gasteiger partial charge >= 0.3 is 0 Å². The Morgan fingerprint density at radius 1 is 1.09 bits per heavy atom. The van der Waals surface area contributed by atoms with E-state index in [-0.39, 0.29) is 30.0 Å². The van der Waals surface area contributed by atoms with E-state index in [1.165, 1.54) is 12.8 Å². The third-order valence-electron chi connectivity index (χ3n) is 7.12. The van der Waals surface area contributed by atoms with Gasteiger partial charge in [-0.3, -0.25) is 14.5 Å². The van der Waals surface area contributed by atoms with Gasteiger partial charge in [0.2, 0.25) is 5.91 Å². The first-order chi connectivity index (χ1) is 15.6. The highest BCUT2D eigenvalue weighted by Crippen LogP contribution is 2.33. The maximum Gasteiger partial charge on any atom is 0.255 e. The summed E-state index contributed by atoms with van der Waals surface area (Å²) in [7, 11) is 0. The van der Waals surface area contributed by atoms with Crippen molar-refractivity contribution < 1.29 is 24.2 Å². The van der Waals surface area contributed by atoms with Crippen molar-refractivity contribution in [1.82, 2.24) is 15.5 Å². The number of carbonyl (C=O) groups excluding carboxylic acids is 2. The zero-order chi connectivity index (χ0) is 22.1. The van der Waals surface area contributed by atoms with Gasteiger partial charge < -0.3 is 25.2 Å². The zero-order valence-corrected chi connectivity index (χ0v) is 18.4. The molecule has 1 saturated carbocycles. The molecule has 1 aliphatic carbocycles. The topological polar surface area (TPSA) is 100 Å². The summed E-state index contributed by atoms with van der Waals surface area (Å²) in [6.45, 7) is 2.26. The van der Waals surface area contributed by atoms with Gasteiger partial charge in [-0.15, -0.1) is 0 Å². The lowest BCUT2D eigenvalue weighted by Crippen LogP contribution is -2.50. The molecule has 0 spiro atoms. The van der Waals surface area contributed by atoms with Crippen LogP contribution in [0.4, 0.5) is 0 Å². The smallest absolute Gasteiger partial charge is 0.255 e. The number of para-hydroxylation sites is 1. The molecule has 0 aromatic heterocycles. The number of aliphatic hydroxyl groups excluding tert-OH is 1. The van der Waals surface area contributed by atoms with Gasteiger partial charge in [0.1, 0.15) is 11.9 Å². The van der Waals surface area contributed by atoms with E-state index in [1.807, 2.05) is 18.2 Å². The SMILES string of the molecule is O=C1N[C@H]2C[C@@H](C(=O)NC[C@H]3O[C@H](CCOc4ccccc41)CC[C@@H]3O)N(CC1CC1)C2. The molecule has 3 heterocycles. The lowest BCUT2D eigenvalue weighted by Gasteiger charge is -2.34. The highest BCUT2D eigenvalue weighted by Gasteiger charge is 2.40. The molecule has 0 unspecified atom stereocenters. The van der Waals surface area contributed by atoms with Gasteiger partial charge in [-0.05, 0) is 50.2 Å². The van der Waals surface area contributed by atoms with E-state index in [0.29, 0.717) is 56.2 Å². The van der Waals surface area contributed by atoms with Crippen LogP contribution in [0.3, 0.4) is 0 Å². The first-order valence-electron chi connectivity index (χ1n) is 11.9. The molecular formula is C24H33N3O5. The van der Waals surface area contributed by atoms with Crippen LogP contribution in [0, 0.1) is 5.92 Å². The van der Waals surface area contributed by atoms with Crippen LogP contribution in [0.5, 0.6) is 5.75 Å². The third kappa shape index (κ3) is 4.92. The van der Waals surface area contributed by atoms with Crippen LogP contribution >= 0.6 is 0 Å². The summed E-state index contributed by atoms with van der Waals surface area (Å²) in [5.74, 6) is 0.997. The molecule has 3 N–H and O–H groups in total. The van der Waals surface area contributed by atoms with E-state index in [2.05, 4.69) is 15.5 Å². The highest BCUT2D eigenvalue weighted by molar-refractivity contribution is 5.97. The summed E-state index contributed by atoms with van der Waals surface area (Å²) in [5, 5.41) is 16.6. The molecular weight excluding hydrogens is 410 g/mol. The molecule has 1 aromatic rings. The van der Waals surface area contributed by atoms with Gasteiger partial charge in [-0.1, -0.05) is 12.1 Å². The van der Waals surface area contributed by atoms with Crippen molar-refractivity contribution >= 4 is 11.8 Å². The van der Waals surface area contributed by atoms with Gasteiger partial charge in [0.25, 0.3) is 5.91 Å². The molecule has 8 heteroatoms. The maximum atomic E-state index is 13.1. The second-order valence-corrected chi connectivity index (χ2v) is 9.64. The number of rotatable bonds is 2. The normalized spacial score (nSPS) is 34.2. The molecule has 4 bridgehead atoms. The molecule has 5 rings (SSSR count). The Balaban J connectivity index is 1.37. The van der Waals surface area contributed by atoms with E-state index in [4.69, 9.17) is 9.47 Å². The van der Waals surface area contributed by atoms with Gasteiger partial charge in [-0.25, -0.2) is 0 Å². The zero-order valence-electron chi connectivity index (χ0n) is 18.4. The van der Waals surface area contributed by atoms with E-state index >= 15 is 0 Å². The average molecular weight is 444 g/mol. The van der Waals surface area contributed by atoms with Crippen molar-refractivity contribution in [2.75, 3.05) is 26.2 Å². The molecule has 5 atom stereocenters. The number of hydrogen-bond acceptors (Lipinski definition) is 6. The van der Waals surface area contributed by atoms with Crippen LogP contribution in [0.25, 0.3) is 0 Å². The standard InChI is InChI=1S/C24H33N3O5/c28-20-8-7-17-9-10-31-21-4-2-1-3-18(21)23(29)26-16-11-19(24(30)25-12-22(20)32-17)27(14-16)13-15-5-6-15/h1-4,15-17,19-20,22,28H,5-14H2,(H,25,30)(H,26,29)/t16-,17-,19-,20-,22+/m0/s1. The predicted octanol–water partition coefficient (Wildman–Crippen LogP) is 1.08. The summed E-state index contributed by atoms with van der Waals surface area (Å²) >= 11 is 0. The fourth-order valence-corrected chi connectivity index (χ4v) is 5.12. The van der Waals surface area contributed by atoms with Crippen LogP contribution in [-0.2, 0) is 9.53 Å². The van der Waals surface area contributed by atoms with Crippen molar-refractivity contribution in [1.29, 1.82) is 0 Å². The highest BCUT2D eigenvalue weighted by atomic mass is 16.5. The van der Waals surface area contributed by atoms with Crippen LogP contribution in [-0.4, -0.2) is 78.5 Å². The number of carbonyl (C=O) groups is 2. The second-order valence-electron chi connectivity index (χ2n) is 9.64. The van der Waals surface area contributed by atoms with Crippen molar-refractivity contribution in [2.45, 2.75) is 68.9 Å². The minimum atomic E-state index is -0.578. The summed E-state index contributed by atoms with van der Waals surface area (Å²) in [4.78, 5) is 28.4. The molecule has 4 aliphatic rings. The number of nitrogens with one attached hydrogen (secondary N) is 2. The van der Waals surface area contributed by atoms with E-state index in [9.17, 15) is 14.7 Å². The Kier molecular flexibility index (Phi) is 6.35. The third-order valence-corrected chi connectivity index (χ3v) is 7.12. The van der Waals surface area contributed by atoms with Crippen LogP contribution in [0.1, 0.15) is 48.9 Å². The summed E-state index contributed by atoms with van der Waals surface area (Å²) in [6.07, 6.45) is 4.00. The number of aliphatic hydroxyl groups is 1. The van der Waals surface area contributed by atoms with Crippen LogP contribution in [0.2, 0.25) is 0 Å². The van der Waals surface area contributed by atoms with Gasteiger partial charge in [0.05, 0.1) is 30.4 Å². The Morgan fingerprint density at radius 3 is 2.78 bits per heavy atom. The summed E-state index contributed by atoms with van der Waals surface area (Å²) in [5.41, 5.74) is 0.513. The van der Waals surface area contributed by atoms with Crippen molar-refractivity contribution in [2.24, 2.45) is 5.92 Å². The molecule has 1 aromatic carbocycles. The largest absolute Gasteiger partial charge is 0.493 e. The fraction of sp³-hybridized carbons (Fsp3) is 0.667. The molecule has 3 aliphatic heterocycles. The minimum absolute atomic E-state index is 0.0450. The molecule has 2 amide bonds. The van der Waals surface area contributed by atoms with E-state index in [1.54, 1.807) is 6.07 Å². The number of hydrogen-bond donors (Lipinski definition) is 3. The van der Waals surface area contributed by atoms with Gasteiger partial charge in [0.15, 0.2) is 0 Å². The van der Waals surface area contributed by atoms with Crippen molar-refractivity contribution in [3.8, 4) is 5.75 Å². The maximum absolute atomic E-state index is 13.1. The first kappa shape index (κ1) is 21.7. The monoisotopic (exact) mass is 443 g/mol. The number of likely N-dealkylation sites (tertiary alicyclic amines) is 1. The Labute approximate surface area is 188 Å². The Hall–Kier alpha value is -2.16. The summed E-state index contributed by atoms with van der Waals surface area (Å²) < 4.78 is 12.1. The van der Waals surface area contributed by atoms with Crippen molar-refractivity contribution in [3.63, 3.8) is 0 Å². The number of nitrogens with zero attached hydrogens (tertiary/aromatic N) is 1. The molecule has 174 valence electrons.